The van der Waals surface area contributed by atoms with Crippen molar-refractivity contribution < 1.29 is 0 Å². The summed E-state index contributed by atoms with van der Waals surface area (Å²) in [5.41, 5.74) is 0. The van der Waals surface area contributed by atoms with Gasteiger partial charge in [0.1, 0.15) is 0 Å². The molecule has 0 spiro atoms. The average Bonchev–Trinajstić information content (AvgIpc) is 1.87. The Morgan fingerprint density at radius 3 is 2.43 bits per heavy atom. The molecule has 1 heterocycles. The second-order valence-electron chi connectivity index (χ2n) is 1.63. The molecule has 0 aromatic carbocycles. The predicted octanol–water partition coefficient (Wildman–Crippen LogP) is 0.152. The van der Waals surface area contributed by atoms with E-state index >= 15 is 0 Å². The van der Waals surface area contributed by atoms with Crippen molar-refractivity contribution >= 4 is 34.2 Å². The van der Waals surface area contributed by atoms with E-state index in [1.54, 1.807) is 4.36 Å². The third kappa shape index (κ3) is 1.59. The van der Waals surface area contributed by atoms with Crippen LogP contribution in [0.3, 0.4) is 0 Å². The van der Waals surface area contributed by atoms with Gasteiger partial charge in [-0.05, 0) is 0 Å². The summed E-state index contributed by atoms with van der Waals surface area (Å²) in [6.45, 7) is 4.58. The molecule has 1 atom stereocenters. The first-order valence-electron chi connectivity index (χ1n) is 2.27. The van der Waals surface area contributed by atoms with Crippen LogP contribution in [0.5, 0.6) is 0 Å². The summed E-state index contributed by atoms with van der Waals surface area (Å²) in [5, 5.41) is 0. The average molecular weight is 218 g/mol. The van der Waals surface area contributed by atoms with E-state index in [0.717, 1.165) is 0 Å². The standard InChI is InChI=1S/C5H8As2/c1-4-3-6-5(2)7-4/h3,6H,1-2H3. The number of hydrogen-bond donors (Lipinski definition) is 0. The minimum absolute atomic E-state index is 0.322. The van der Waals surface area contributed by atoms with Crippen molar-refractivity contribution in [3.63, 3.8) is 0 Å². The van der Waals surface area contributed by atoms with Crippen LogP contribution in [0.2, 0.25) is 0 Å². The molecular weight excluding hydrogens is 210 g/mol. The Morgan fingerprint density at radius 1 is 1.57 bits per heavy atom. The fourth-order valence-corrected chi connectivity index (χ4v) is 7.53. The summed E-state index contributed by atoms with van der Waals surface area (Å²) in [6.07, 6.45) is 0. The molecule has 1 unspecified atom stereocenters. The second kappa shape index (κ2) is 2.33. The van der Waals surface area contributed by atoms with Crippen molar-refractivity contribution in [2.45, 2.75) is 13.8 Å². The van der Waals surface area contributed by atoms with Gasteiger partial charge in [-0.15, -0.1) is 0 Å². The zero-order valence-corrected chi connectivity index (χ0v) is 8.50. The van der Waals surface area contributed by atoms with Gasteiger partial charge in [0.15, 0.2) is 0 Å². The maximum absolute atomic E-state index is 2.47. The molecule has 0 aromatic rings. The van der Waals surface area contributed by atoms with E-state index < -0.39 is 0 Å². The number of rotatable bonds is 0. The summed E-state index contributed by atoms with van der Waals surface area (Å²) in [4.78, 5) is 2.47. The first kappa shape index (κ1) is 5.86. The van der Waals surface area contributed by atoms with E-state index in [9.17, 15) is 0 Å². The Bertz CT molecular complexity index is 133. The summed E-state index contributed by atoms with van der Waals surface area (Å²) < 4.78 is 3.52. The summed E-state index contributed by atoms with van der Waals surface area (Å²) in [5.74, 6) is 0. The molecule has 0 nitrogen and oxygen atoms in total. The van der Waals surface area contributed by atoms with Gasteiger partial charge in [-0.25, -0.2) is 0 Å². The Hall–Kier alpha value is 0.727. The van der Waals surface area contributed by atoms with Crippen LogP contribution in [0.1, 0.15) is 13.8 Å². The van der Waals surface area contributed by atoms with Crippen molar-refractivity contribution in [2.75, 3.05) is 0 Å². The number of allylic oxidation sites excluding steroid dienone is 1. The minimum atomic E-state index is 0.322. The van der Waals surface area contributed by atoms with Gasteiger partial charge in [0.05, 0.1) is 0 Å². The van der Waals surface area contributed by atoms with Gasteiger partial charge >= 0.3 is 57.2 Å². The van der Waals surface area contributed by atoms with Gasteiger partial charge < -0.3 is 0 Å². The topological polar surface area (TPSA) is 0 Å². The van der Waals surface area contributed by atoms with Gasteiger partial charge in [-0.1, -0.05) is 0 Å². The molecule has 0 amide bonds. The molecule has 0 saturated heterocycles. The van der Waals surface area contributed by atoms with Crippen molar-refractivity contribution in [1.82, 2.24) is 0 Å². The van der Waals surface area contributed by atoms with Gasteiger partial charge in [-0.2, -0.15) is 0 Å². The third-order valence-corrected chi connectivity index (χ3v) is 8.37. The molecule has 0 saturated carbocycles. The normalized spacial score (nSPS) is 24.9. The van der Waals surface area contributed by atoms with Crippen molar-refractivity contribution in [3.05, 3.63) is 9.22 Å². The van der Waals surface area contributed by atoms with Gasteiger partial charge in [-0.3, -0.25) is 0 Å². The van der Waals surface area contributed by atoms with Crippen molar-refractivity contribution in [3.8, 4) is 0 Å². The Kier molecular flexibility index (Phi) is 1.95. The molecule has 1 aliphatic heterocycles. The van der Waals surface area contributed by atoms with Crippen LogP contribution in [0.25, 0.3) is 0 Å². The van der Waals surface area contributed by atoms with Crippen LogP contribution in [0, 0.1) is 0 Å². The molecule has 0 N–H and O–H groups in total. The van der Waals surface area contributed by atoms with Gasteiger partial charge in [0.2, 0.25) is 0 Å². The molecule has 7 heavy (non-hydrogen) atoms. The molecular formula is C5H8As2. The second-order valence-corrected chi connectivity index (χ2v) is 9.68. The van der Waals surface area contributed by atoms with E-state index in [4.69, 9.17) is 0 Å². The molecule has 38 valence electrons. The fourth-order valence-electron chi connectivity index (χ4n) is 0.538. The van der Waals surface area contributed by atoms with Crippen LogP contribution in [0.15, 0.2) is 9.22 Å². The van der Waals surface area contributed by atoms with Crippen LogP contribution in [0.4, 0.5) is 0 Å². The van der Waals surface area contributed by atoms with Crippen molar-refractivity contribution in [1.29, 1.82) is 0 Å². The van der Waals surface area contributed by atoms with E-state index in [0.29, 0.717) is 31.1 Å². The zero-order valence-electron chi connectivity index (χ0n) is 4.52. The van der Waals surface area contributed by atoms with E-state index in [1.165, 1.54) is 0 Å². The summed E-state index contributed by atoms with van der Waals surface area (Å²) in [6, 6.07) is 0. The van der Waals surface area contributed by atoms with Gasteiger partial charge in [0, 0.05) is 0 Å². The predicted molar refractivity (Wildman–Crippen MR) is 37.3 cm³/mol. The molecule has 0 aliphatic carbocycles. The Morgan fingerprint density at radius 2 is 2.29 bits per heavy atom. The molecule has 1 aliphatic rings. The molecule has 2 heteroatoms. The Balaban J connectivity index is 2.69. The molecule has 0 fully saturated rings. The maximum atomic E-state index is 2.47. The van der Waals surface area contributed by atoms with Crippen LogP contribution in [-0.4, -0.2) is 34.2 Å². The van der Waals surface area contributed by atoms with Crippen LogP contribution in [-0.2, 0) is 0 Å². The van der Waals surface area contributed by atoms with Crippen LogP contribution < -0.4 is 0 Å². The third-order valence-electron chi connectivity index (χ3n) is 0.834. The summed E-state index contributed by atoms with van der Waals surface area (Å²) >= 11 is 0.898. The van der Waals surface area contributed by atoms with E-state index in [-0.39, 0.29) is 0 Å². The quantitative estimate of drug-likeness (QED) is 0.508. The first-order valence-corrected chi connectivity index (χ1v) is 6.41. The monoisotopic (exact) mass is 218 g/mol. The summed E-state index contributed by atoms with van der Waals surface area (Å²) in [7, 11) is 0. The molecule has 0 bridgehead atoms. The van der Waals surface area contributed by atoms with Crippen LogP contribution >= 0.6 is 0 Å². The van der Waals surface area contributed by atoms with Crippen molar-refractivity contribution in [2.24, 2.45) is 0 Å². The van der Waals surface area contributed by atoms with E-state index in [1.807, 2.05) is 3.09 Å². The first-order chi connectivity index (χ1) is 3.29. The van der Waals surface area contributed by atoms with Gasteiger partial charge in [0.25, 0.3) is 0 Å². The molecule has 0 aromatic heterocycles. The van der Waals surface area contributed by atoms with E-state index in [2.05, 4.69) is 18.7 Å². The molecule has 0 radical (unpaired) electrons. The molecule has 1 rings (SSSR count). The SMILES string of the molecule is CC1=C[AsH]C(C)=[As]1. The Labute approximate surface area is 57.3 Å². The zero-order chi connectivity index (χ0) is 5.28. The number of hydrogen-bond acceptors (Lipinski definition) is 0. The fraction of sp³-hybridized carbons (Fsp3) is 0.400.